The first kappa shape index (κ1) is 18.6. The van der Waals surface area contributed by atoms with Gasteiger partial charge in [0.1, 0.15) is 17.3 Å². The summed E-state index contributed by atoms with van der Waals surface area (Å²) in [5.41, 5.74) is 5.54. The highest BCUT2D eigenvalue weighted by atomic mass is 32.2. The van der Waals surface area contributed by atoms with Crippen molar-refractivity contribution in [3.8, 4) is 0 Å². The van der Waals surface area contributed by atoms with E-state index in [1.807, 2.05) is 0 Å². The van der Waals surface area contributed by atoms with E-state index >= 15 is 0 Å². The minimum atomic E-state index is -0.644. The van der Waals surface area contributed by atoms with Crippen LogP contribution in [0.25, 0.3) is 0 Å². The second-order valence-corrected chi connectivity index (χ2v) is 6.44. The summed E-state index contributed by atoms with van der Waals surface area (Å²) in [6.45, 7) is 0. The second kappa shape index (κ2) is 8.00. The SMILES string of the molecule is Nc1nc(SCc2ccccc2F)[nH]c(=O)c1NC(=O)c1ccc(F)cc1. The van der Waals surface area contributed by atoms with Crippen LogP contribution in [0.1, 0.15) is 15.9 Å². The van der Waals surface area contributed by atoms with Gasteiger partial charge in [0, 0.05) is 11.3 Å². The topological polar surface area (TPSA) is 101 Å². The normalized spacial score (nSPS) is 10.6. The van der Waals surface area contributed by atoms with Crippen LogP contribution < -0.4 is 16.6 Å². The lowest BCUT2D eigenvalue weighted by Crippen LogP contribution is -2.23. The van der Waals surface area contributed by atoms with Gasteiger partial charge in [0.15, 0.2) is 11.0 Å². The second-order valence-electron chi connectivity index (χ2n) is 5.47. The molecule has 0 spiro atoms. The van der Waals surface area contributed by atoms with Gasteiger partial charge in [-0.3, -0.25) is 14.6 Å². The Balaban J connectivity index is 1.75. The van der Waals surface area contributed by atoms with E-state index in [-0.39, 0.29) is 33.8 Å². The number of nitrogens with two attached hydrogens (primary N) is 1. The van der Waals surface area contributed by atoms with Gasteiger partial charge >= 0.3 is 0 Å². The molecule has 27 heavy (non-hydrogen) atoms. The molecule has 1 aromatic heterocycles. The molecule has 2 aromatic carbocycles. The lowest BCUT2D eigenvalue weighted by Gasteiger charge is -2.09. The molecule has 0 aliphatic rings. The van der Waals surface area contributed by atoms with Crippen molar-refractivity contribution in [3.63, 3.8) is 0 Å². The highest BCUT2D eigenvalue weighted by Gasteiger charge is 2.14. The Kier molecular flexibility index (Phi) is 5.51. The molecule has 1 heterocycles. The van der Waals surface area contributed by atoms with E-state index in [0.29, 0.717) is 5.56 Å². The lowest BCUT2D eigenvalue weighted by molar-refractivity contribution is 0.102. The van der Waals surface area contributed by atoms with E-state index in [4.69, 9.17) is 5.73 Å². The van der Waals surface area contributed by atoms with E-state index in [0.717, 1.165) is 23.9 Å². The fourth-order valence-electron chi connectivity index (χ4n) is 2.21. The number of anilines is 2. The van der Waals surface area contributed by atoms with Gasteiger partial charge in [-0.1, -0.05) is 30.0 Å². The summed E-state index contributed by atoms with van der Waals surface area (Å²) in [4.78, 5) is 30.9. The summed E-state index contributed by atoms with van der Waals surface area (Å²) in [5, 5.41) is 2.56. The number of carbonyl (C=O) groups is 1. The molecular weight excluding hydrogens is 374 g/mol. The van der Waals surface area contributed by atoms with Crippen LogP contribution in [0.2, 0.25) is 0 Å². The highest BCUT2D eigenvalue weighted by Crippen LogP contribution is 2.22. The molecule has 138 valence electrons. The first-order chi connectivity index (χ1) is 12.9. The molecule has 0 saturated heterocycles. The van der Waals surface area contributed by atoms with Crippen molar-refractivity contribution >= 4 is 29.2 Å². The van der Waals surface area contributed by atoms with Gasteiger partial charge in [0.05, 0.1) is 0 Å². The third-order valence-electron chi connectivity index (χ3n) is 3.59. The zero-order chi connectivity index (χ0) is 19.4. The van der Waals surface area contributed by atoms with Crippen molar-refractivity contribution in [2.45, 2.75) is 10.9 Å². The predicted octanol–water partition coefficient (Wildman–Crippen LogP) is 3.17. The van der Waals surface area contributed by atoms with Gasteiger partial charge in [-0.25, -0.2) is 13.8 Å². The number of benzene rings is 2. The number of hydrogen-bond donors (Lipinski definition) is 3. The Morgan fingerprint density at radius 2 is 1.85 bits per heavy atom. The molecule has 3 aromatic rings. The lowest BCUT2D eigenvalue weighted by atomic mass is 10.2. The Bertz CT molecular complexity index is 1040. The molecule has 0 fully saturated rings. The molecule has 1 amide bonds. The molecule has 4 N–H and O–H groups in total. The van der Waals surface area contributed by atoms with Crippen LogP contribution in [0.15, 0.2) is 58.5 Å². The smallest absolute Gasteiger partial charge is 0.277 e. The number of amides is 1. The van der Waals surface area contributed by atoms with E-state index < -0.39 is 17.3 Å². The molecule has 0 bridgehead atoms. The summed E-state index contributed by atoms with van der Waals surface area (Å²) >= 11 is 1.10. The first-order valence-corrected chi connectivity index (χ1v) is 8.75. The summed E-state index contributed by atoms with van der Waals surface area (Å²) in [6, 6.07) is 11.1. The largest absolute Gasteiger partial charge is 0.382 e. The number of nitrogen functional groups attached to an aromatic ring is 1. The zero-order valence-electron chi connectivity index (χ0n) is 13.8. The third-order valence-corrected chi connectivity index (χ3v) is 4.51. The van der Waals surface area contributed by atoms with Gasteiger partial charge in [-0.15, -0.1) is 0 Å². The number of H-pyrrole nitrogens is 1. The third kappa shape index (κ3) is 4.50. The van der Waals surface area contributed by atoms with Crippen LogP contribution >= 0.6 is 11.8 Å². The van der Waals surface area contributed by atoms with E-state index in [2.05, 4.69) is 15.3 Å². The van der Waals surface area contributed by atoms with Crippen LogP contribution in [-0.4, -0.2) is 15.9 Å². The number of nitrogens with one attached hydrogen (secondary N) is 2. The zero-order valence-corrected chi connectivity index (χ0v) is 14.6. The Hall–Kier alpha value is -3.20. The predicted molar refractivity (Wildman–Crippen MR) is 99.6 cm³/mol. The summed E-state index contributed by atoms with van der Waals surface area (Å²) in [5.74, 6) is -1.40. The molecule has 3 rings (SSSR count). The van der Waals surface area contributed by atoms with Crippen molar-refractivity contribution in [3.05, 3.63) is 81.6 Å². The van der Waals surface area contributed by atoms with E-state index in [9.17, 15) is 18.4 Å². The average Bonchev–Trinajstić information content (AvgIpc) is 2.64. The Morgan fingerprint density at radius 3 is 2.52 bits per heavy atom. The van der Waals surface area contributed by atoms with Crippen LogP contribution in [0.4, 0.5) is 20.3 Å². The molecule has 0 saturated carbocycles. The van der Waals surface area contributed by atoms with Crippen molar-refractivity contribution in [2.75, 3.05) is 11.1 Å². The molecule has 9 heteroatoms. The average molecular weight is 388 g/mol. The number of nitrogens with zero attached hydrogens (tertiary/aromatic N) is 1. The summed E-state index contributed by atoms with van der Waals surface area (Å²) < 4.78 is 26.6. The fourth-order valence-corrected chi connectivity index (χ4v) is 3.06. The molecular formula is C18H14F2N4O2S. The Labute approximate surface area is 156 Å². The molecule has 6 nitrogen and oxygen atoms in total. The molecule has 0 atom stereocenters. The number of hydrogen-bond acceptors (Lipinski definition) is 5. The van der Waals surface area contributed by atoms with E-state index in [1.54, 1.807) is 18.2 Å². The van der Waals surface area contributed by atoms with Crippen molar-refractivity contribution < 1.29 is 13.6 Å². The van der Waals surface area contributed by atoms with Crippen LogP contribution in [0.3, 0.4) is 0 Å². The first-order valence-electron chi connectivity index (χ1n) is 7.77. The van der Waals surface area contributed by atoms with Crippen molar-refractivity contribution in [1.82, 2.24) is 9.97 Å². The quantitative estimate of drug-likeness (QED) is 0.460. The van der Waals surface area contributed by atoms with Crippen LogP contribution in [0.5, 0.6) is 0 Å². The maximum Gasteiger partial charge on any atom is 0.277 e. The van der Waals surface area contributed by atoms with Crippen LogP contribution in [0, 0.1) is 11.6 Å². The molecule has 0 aliphatic heterocycles. The standard InChI is InChI=1S/C18H14F2N4O2S/c19-12-7-5-10(6-8-12)16(25)22-14-15(21)23-18(24-17(14)26)27-9-11-3-1-2-4-13(11)20/h1-8H,9H2,(H,22,25)(H3,21,23,24,26). The van der Waals surface area contributed by atoms with Gasteiger partial charge in [0.2, 0.25) is 0 Å². The minimum absolute atomic E-state index is 0.160. The summed E-state index contributed by atoms with van der Waals surface area (Å²) in [6.07, 6.45) is 0. The number of aromatic nitrogens is 2. The van der Waals surface area contributed by atoms with Crippen molar-refractivity contribution in [2.24, 2.45) is 0 Å². The monoisotopic (exact) mass is 388 g/mol. The molecule has 0 aliphatic carbocycles. The van der Waals surface area contributed by atoms with Gasteiger partial charge in [-0.2, -0.15) is 0 Å². The number of aromatic amines is 1. The van der Waals surface area contributed by atoms with Crippen LogP contribution in [-0.2, 0) is 5.75 Å². The highest BCUT2D eigenvalue weighted by molar-refractivity contribution is 7.98. The number of carbonyl (C=O) groups excluding carboxylic acids is 1. The minimum Gasteiger partial charge on any atom is -0.382 e. The number of rotatable bonds is 5. The Morgan fingerprint density at radius 1 is 1.15 bits per heavy atom. The fraction of sp³-hybridized carbons (Fsp3) is 0.0556. The number of thioether (sulfide) groups is 1. The van der Waals surface area contributed by atoms with E-state index in [1.165, 1.54) is 18.2 Å². The maximum absolute atomic E-state index is 13.6. The van der Waals surface area contributed by atoms with Gasteiger partial charge < -0.3 is 11.1 Å². The molecule has 0 radical (unpaired) electrons. The maximum atomic E-state index is 13.6. The summed E-state index contributed by atoms with van der Waals surface area (Å²) in [7, 11) is 0. The van der Waals surface area contributed by atoms with Gasteiger partial charge in [-0.05, 0) is 35.9 Å². The van der Waals surface area contributed by atoms with Gasteiger partial charge in [0.25, 0.3) is 11.5 Å². The molecule has 0 unspecified atom stereocenters. The van der Waals surface area contributed by atoms with Crippen molar-refractivity contribution in [1.29, 1.82) is 0 Å². The number of halogens is 2.